The van der Waals surface area contributed by atoms with E-state index in [0.29, 0.717) is 5.57 Å². The van der Waals surface area contributed by atoms with E-state index >= 15 is 0 Å². The molecular formula is C13H12O. The number of fused-ring (bicyclic) bond motifs is 2. The van der Waals surface area contributed by atoms with E-state index in [9.17, 15) is 4.79 Å². The highest BCUT2D eigenvalue weighted by atomic mass is 16.1. The van der Waals surface area contributed by atoms with Crippen LogP contribution in [0.1, 0.15) is 32.1 Å². The van der Waals surface area contributed by atoms with Gasteiger partial charge in [-0.05, 0) is 43.4 Å². The predicted octanol–water partition coefficient (Wildman–Crippen LogP) is 2.08. The van der Waals surface area contributed by atoms with Crippen molar-refractivity contribution in [2.75, 3.05) is 0 Å². The summed E-state index contributed by atoms with van der Waals surface area (Å²) < 4.78 is 0. The van der Waals surface area contributed by atoms with Gasteiger partial charge < -0.3 is 0 Å². The maximum atomic E-state index is 11.8. The first-order chi connectivity index (χ1) is 6.88. The van der Waals surface area contributed by atoms with Gasteiger partial charge in [0.05, 0.1) is 5.57 Å². The van der Waals surface area contributed by atoms with Gasteiger partial charge in [-0.25, -0.2) is 0 Å². The number of carbonyl (C=O) groups excluding carboxylic acids is 1. The number of rotatable bonds is 0. The summed E-state index contributed by atoms with van der Waals surface area (Å²) in [6, 6.07) is 0. The van der Waals surface area contributed by atoms with Crippen LogP contribution < -0.4 is 0 Å². The van der Waals surface area contributed by atoms with Gasteiger partial charge in [0.15, 0.2) is 5.78 Å². The summed E-state index contributed by atoms with van der Waals surface area (Å²) in [5.41, 5.74) is 0.692. The van der Waals surface area contributed by atoms with Crippen molar-refractivity contribution in [3.8, 4) is 23.7 Å². The Bertz CT molecular complexity index is 392. The minimum atomic E-state index is 0.212. The second kappa shape index (κ2) is 4.16. The molecule has 0 spiro atoms. The molecule has 0 aromatic heterocycles. The molecule has 1 heteroatoms. The average Bonchev–Trinajstić information content (AvgIpc) is 2.18. The van der Waals surface area contributed by atoms with Crippen molar-refractivity contribution in [1.82, 2.24) is 0 Å². The monoisotopic (exact) mass is 184 g/mol. The van der Waals surface area contributed by atoms with E-state index in [-0.39, 0.29) is 11.7 Å². The van der Waals surface area contributed by atoms with Crippen LogP contribution in [0.5, 0.6) is 0 Å². The van der Waals surface area contributed by atoms with Gasteiger partial charge >= 0.3 is 0 Å². The molecule has 0 aliphatic heterocycles. The standard InChI is InChI=1S/C13H12O/c14-13-11-7-4-2-1-3-5-8-12(13)10-6-9-11/h10-11H,2,4,6-7,9H2. The predicted molar refractivity (Wildman–Crippen MR) is 55.2 cm³/mol. The van der Waals surface area contributed by atoms with Crippen LogP contribution in [0.3, 0.4) is 0 Å². The van der Waals surface area contributed by atoms with Crippen LogP contribution in [0.25, 0.3) is 0 Å². The molecule has 0 heterocycles. The van der Waals surface area contributed by atoms with Gasteiger partial charge in [0, 0.05) is 12.3 Å². The van der Waals surface area contributed by atoms with Crippen LogP contribution in [0.15, 0.2) is 11.6 Å². The molecule has 1 nitrogen and oxygen atoms in total. The SMILES string of the molecule is O=C1C2=CCCC1CCCC#CC#C2. The largest absolute Gasteiger partial charge is 0.293 e. The lowest BCUT2D eigenvalue weighted by atomic mass is 9.84. The van der Waals surface area contributed by atoms with Crippen molar-refractivity contribution in [3.63, 3.8) is 0 Å². The average molecular weight is 184 g/mol. The van der Waals surface area contributed by atoms with Gasteiger partial charge in [-0.3, -0.25) is 4.79 Å². The van der Waals surface area contributed by atoms with Gasteiger partial charge in [0.25, 0.3) is 0 Å². The van der Waals surface area contributed by atoms with Crippen molar-refractivity contribution in [3.05, 3.63) is 11.6 Å². The third-order valence-corrected chi connectivity index (χ3v) is 2.70. The Kier molecular flexibility index (Phi) is 2.70. The molecule has 0 aromatic carbocycles. The van der Waals surface area contributed by atoms with Crippen LogP contribution in [0, 0.1) is 29.6 Å². The molecule has 2 rings (SSSR count). The van der Waals surface area contributed by atoms with E-state index in [2.05, 4.69) is 23.7 Å². The number of carbonyl (C=O) groups is 1. The molecule has 0 saturated carbocycles. The van der Waals surface area contributed by atoms with Gasteiger partial charge in [-0.15, -0.1) is 0 Å². The molecule has 2 bridgehead atoms. The molecule has 14 heavy (non-hydrogen) atoms. The zero-order chi connectivity index (χ0) is 9.80. The summed E-state index contributed by atoms with van der Waals surface area (Å²) in [6.07, 6.45) is 6.82. The third-order valence-electron chi connectivity index (χ3n) is 2.70. The maximum Gasteiger partial charge on any atom is 0.174 e. The Hall–Kier alpha value is -1.47. The lowest BCUT2D eigenvalue weighted by molar-refractivity contribution is -0.119. The Morgan fingerprint density at radius 3 is 3.14 bits per heavy atom. The zero-order valence-electron chi connectivity index (χ0n) is 8.10. The molecule has 0 fully saturated rings. The van der Waals surface area contributed by atoms with Gasteiger partial charge in [-0.1, -0.05) is 12.0 Å². The molecule has 1 atom stereocenters. The summed E-state index contributed by atoms with van der Waals surface area (Å²) in [4.78, 5) is 11.8. The van der Waals surface area contributed by atoms with E-state index in [0.717, 1.165) is 32.1 Å². The first-order valence-corrected chi connectivity index (χ1v) is 5.11. The topological polar surface area (TPSA) is 17.1 Å². The summed E-state index contributed by atoms with van der Waals surface area (Å²) in [7, 11) is 0. The molecule has 0 N–H and O–H groups in total. The Labute approximate surface area is 84.6 Å². The van der Waals surface area contributed by atoms with Gasteiger partial charge in [-0.2, -0.15) is 0 Å². The molecule has 0 radical (unpaired) electrons. The van der Waals surface area contributed by atoms with E-state index in [1.807, 2.05) is 6.08 Å². The van der Waals surface area contributed by atoms with E-state index in [1.54, 1.807) is 0 Å². The quantitative estimate of drug-likeness (QED) is 0.527. The summed E-state index contributed by atoms with van der Waals surface area (Å²) in [5, 5.41) is 0. The first kappa shape index (κ1) is 9.10. The van der Waals surface area contributed by atoms with Crippen molar-refractivity contribution < 1.29 is 4.79 Å². The maximum absolute atomic E-state index is 11.8. The van der Waals surface area contributed by atoms with Gasteiger partial charge in [0.1, 0.15) is 0 Å². The third kappa shape index (κ3) is 1.88. The summed E-state index contributed by atoms with van der Waals surface area (Å²) >= 11 is 0. The van der Waals surface area contributed by atoms with Gasteiger partial charge in [0.2, 0.25) is 0 Å². The molecule has 2 aliphatic carbocycles. The minimum absolute atomic E-state index is 0.212. The fourth-order valence-electron chi connectivity index (χ4n) is 1.91. The molecule has 2 aliphatic rings. The normalized spacial score (nSPS) is 25.0. The number of hydrogen-bond donors (Lipinski definition) is 0. The molecule has 1 unspecified atom stereocenters. The Balaban J connectivity index is 2.30. The molecule has 0 aromatic rings. The van der Waals surface area contributed by atoms with Crippen LogP contribution in [0.4, 0.5) is 0 Å². The Morgan fingerprint density at radius 1 is 1.29 bits per heavy atom. The van der Waals surface area contributed by atoms with Crippen LogP contribution >= 0.6 is 0 Å². The highest BCUT2D eigenvalue weighted by Gasteiger charge is 2.23. The van der Waals surface area contributed by atoms with Crippen LogP contribution in [-0.4, -0.2) is 5.78 Å². The fourth-order valence-corrected chi connectivity index (χ4v) is 1.91. The first-order valence-electron chi connectivity index (χ1n) is 5.11. The van der Waals surface area contributed by atoms with Crippen LogP contribution in [-0.2, 0) is 4.79 Å². The van der Waals surface area contributed by atoms with E-state index < -0.39 is 0 Å². The number of Topliss-reactive ketones (excluding diaryl/α,β-unsaturated/α-hetero) is 1. The molecule has 70 valence electrons. The molecule has 0 saturated heterocycles. The second-order valence-electron chi connectivity index (χ2n) is 3.70. The number of allylic oxidation sites excluding steroid dienone is 2. The highest BCUT2D eigenvalue weighted by Crippen LogP contribution is 2.24. The van der Waals surface area contributed by atoms with Crippen molar-refractivity contribution in [2.24, 2.45) is 5.92 Å². The highest BCUT2D eigenvalue weighted by molar-refractivity contribution is 6.02. The number of hydrogen-bond acceptors (Lipinski definition) is 1. The van der Waals surface area contributed by atoms with Crippen molar-refractivity contribution >= 4 is 5.78 Å². The lowest BCUT2D eigenvalue weighted by Gasteiger charge is -2.18. The fraction of sp³-hybridized carbons (Fsp3) is 0.462. The van der Waals surface area contributed by atoms with Crippen molar-refractivity contribution in [1.29, 1.82) is 0 Å². The Morgan fingerprint density at radius 2 is 2.21 bits per heavy atom. The second-order valence-corrected chi connectivity index (χ2v) is 3.70. The summed E-state index contributed by atoms with van der Waals surface area (Å²) in [5.74, 6) is 11.8. The molecular weight excluding hydrogens is 172 g/mol. The van der Waals surface area contributed by atoms with E-state index in [4.69, 9.17) is 0 Å². The smallest absolute Gasteiger partial charge is 0.174 e. The lowest BCUT2D eigenvalue weighted by Crippen LogP contribution is -2.19. The number of ketones is 1. The van der Waals surface area contributed by atoms with E-state index in [1.165, 1.54) is 0 Å². The zero-order valence-corrected chi connectivity index (χ0v) is 8.10. The van der Waals surface area contributed by atoms with Crippen LogP contribution in [0.2, 0.25) is 0 Å². The minimum Gasteiger partial charge on any atom is -0.293 e. The molecule has 0 amide bonds. The summed E-state index contributed by atoms with van der Waals surface area (Å²) in [6.45, 7) is 0. The van der Waals surface area contributed by atoms with Crippen molar-refractivity contribution in [2.45, 2.75) is 32.1 Å².